The Morgan fingerprint density at radius 3 is 1.96 bits per heavy atom. The molecule has 0 aromatic heterocycles. The molecule has 0 unspecified atom stereocenters. The summed E-state index contributed by atoms with van der Waals surface area (Å²) in [5.74, 6) is 0.154. The normalized spacial score (nSPS) is 11.0. The molecule has 1 rings (SSSR count). The van der Waals surface area contributed by atoms with Crippen LogP contribution in [-0.2, 0) is 4.79 Å². The lowest BCUT2D eigenvalue weighted by molar-refractivity contribution is -0.126. The lowest BCUT2D eigenvalue weighted by Gasteiger charge is -2.21. The van der Waals surface area contributed by atoms with Crippen LogP contribution in [0, 0.1) is 0 Å². The second kappa shape index (κ2) is 12.9. The first-order chi connectivity index (χ1) is 11.3. The molecule has 0 radical (unpaired) electrons. The van der Waals surface area contributed by atoms with Crippen molar-refractivity contribution in [1.82, 2.24) is 4.90 Å². The minimum Gasteiger partial charge on any atom is -0.339 e. The molecule has 1 aromatic rings. The van der Waals surface area contributed by atoms with Crippen LogP contribution in [0.1, 0.15) is 70.8 Å². The second-order valence-electron chi connectivity index (χ2n) is 6.19. The molecule has 2 heteroatoms. The Kier molecular flexibility index (Phi) is 10.9. The van der Waals surface area contributed by atoms with E-state index >= 15 is 0 Å². The van der Waals surface area contributed by atoms with Gasteiger partial charge in [-0.1, -0.05) is 82.7 Å². The molecule has 0 N–H and O–H groups in total. The van der Waals surface area contributed by atoms with E-state index in [1.807, 2.05) is 41.3 Å². The molecular formula is C21H33NO. The van der Waals surface area contributed by atoms with E-state index in [2.05, 4.69) is 13.8 Å². The van der Waals surface area contributed by atoms with Gasteiger partial charge in [0.15, 0.2) is 0 Å². The molecule has 0 atom stereocenters. The summed E-state index contributed by atoms with van der Waals surface area (Å²) in [6, 6.07) is 10.0. The zero-order chi connectivity index (χ0) is 16.8. The summed E-state index contributed by atoms with van der Waals surface area (Å²) in [4.78, 5) is 14.5. The van der Waals surface area contributed by atoms with Gasteiger partial charge in [-0.25, -0.2) is 0 Å². The standard InChI is InChI=1S/C21H33NO/c1-3-5-7-12-18-22(19-13-8-6-4-2)21(23)17-16-20-14-10-9-11-15-20/h9-11,14-17H,3-8,12-13,18-19H2,1-2H3. The van der Waals surface area contributed by atoms with E-state index in [1.54, 1.807) is 6.08 Å². The van der Waals surface area contributed by atoms with Gasteiger partial charge >= 0.3 is 0 Å². The van der Waals surface area contributed by atoms with Gasteiger partial charge in [0.05, 0.1) is 0 Å². The van der Waals surface area contributed by atoms with Crippen LogP contribution in [0.5, 0.6) is 0 Å². The number of hydrogen-bond acceptors (Lipinski definition) is 1. The van der Waals surface area contributed by atoms with Crippen molar-refractivity contribution in [2.24, 2.45) is 0 Å². The molecule has 128 valence electrons. The fourth-order valence-electron chi connectivity index (χ4n) is 2.63. The Morgan fingerprint density at radius 1 is 0.870 bits per heavy atom. The molecule has 0 saturated heterocycles. The first-order valence-corrected chi connectivity index (χ1v) is 9.30. The summed E-state index contributed by atoms with van der Waals surface area (Å²) >= 11 is 0. The Balaban J connectivity index is 2.50. The van der Waals surface area contributed by atoms with Crippen molar-refractivity contribution < 1.29 is 4.79 Å². The minimum atomic E-state index is 0.154. The summed E-state index contributed by atoms with van der Waals surface area (Å²) < 4.78 is 0. The van der Waals surface area contributed by atoms with Crippen LogP contribution >= 0.6 is 0 Å². The highest BCUT2D eigenvalue weighted by atomic mass is 16.2. The van der Waals surface area contributed by atoms with Crippen LogP contribution in [0.3, 0.4) is 0 Å². The predicted octanol–water partition coefficient (Wildman–Crippen LogP) is 5.69. The van der Waals surface area contributed by atoms with Gasteiger partial charge in [0, 0.05) is 19.2 Å². The molecule has 0 aliphatic carbocycles. The highest BCUT2D eigenvalue weighted by Gasteiger charge is 2.09. The van der Waals surface area contributed by atoms with Crippen LogP contribution in [0.2, 0.25) is 0 Å². The Bertz CT molecular complexity index is 426. The van der Waals surface area contributed by atoms with Crippen LogP contribution < -0.4 is 0 Å². The van der Waals surface area contributed by atoms with Crippen molar-refractivity contribution in [3.8, 4) is 0 Å². The van der Waals surface area contributed by atoms with Gasteiger partial charge in [0.25, 0.3) is 0 Å². The maximum atomic E-state index is 12.5. The van der Waals surface area contributed by atoms with Gasteiger partial charge in [-0.3, -0.25) is 4.79 Å². The van der Waals surface area contributed by atoms with E-state index in [0.29, 0.717) is 0 Å². The summed E-state index contributed by atoms with van der Waals surface area (Å²) in [6.45, 7) is 6.22. The van der Waals surface area contributed by atoms with Gasteiger partial charge in [0.2, 0.25) is 5.91 Å². The number of carbonyl (C=O) groups excluding carboxylic acids is 1. The number of rotatable bonds is 12. The largest absolute Gasteiger partial charge is 0.339 e. The Labute approximate surface area is 142 Å². The minimum absolute atomic E-state index is 0.154. The molecule has 0 fully saturated rings. The van der Waals surface area contributed by atoms with E-state index in [0.717, 1.165) is 31.5 Å². The number of hydrogen-bond donors (Lipinski definition) is 0. The van der Waals surface area contributed by atoms with Crippen LogP contribution in [0.25, 0.3) is 6.08 Å². The molecule has 0 bridgehead atoms. The van der Waals surface area contributed by atoms with Crippen molar-refractivity contribution in [3.63, 3.8) is 0 Å². The van der Waals surface area contributed by atoms with Crippen LogP contribution in [0.15, 0.2) is 36.4 Å². The fourth-order valence-corrected chi connectivity index (χ4v) is 2.63. The number of benzene rings is 1. The van der Waals surface area contributed by atoms with Gasteiger partial charge in [-0.15, -0.1) is 0 Å². The first-order valence-electron chi connectivity index (χ1n) is 9.30. The second-order valence-corrected chi connectivity index (χ2v) is 6.19. The summed E-state index contributed by atoms with van der Waals surface area (Å²) in [5.41, 5.74) is 1.08. The van der Waals surface area contributed by atoms with Crippen molar-refractivity contribution >= 4 is 12.0 Å². The monoisotopic (exact) mass is 315 g/mol. The van der Waals surface area contributed by atoms with E-state index < -0.39 is 0 Å². The zero-order valence-electron chi connectivity index (χ0n) is 15.0. The molecule has 0 saturated carbocycles. The molecule has 0 aliphatic rings. The predicted molar refractivity (Wildman–Crippen MR) is 100 cm³/mol. The van der Waals surface area contributed by atoms with Crippen LogP contribution in [0.4, 0.5) is 0 Å². The van der Waals surface area contributed by atoms with Crippen molar-refractivity contribution in [1.29, 1.82) is 0 Å². The third-order valence-corrected chi connectivity index (χ3v) is 4.09. The quantitative estimate of drug-likeness (QED) is 0.358. The van der Waals surface area contributed by atoms with Crippen molar-refractivity contribution in [2.75, 3.05) is 13.1 Å². The first kappa shape index (κ1) is 19.5. The fraction of sp³-hybridized carbons (Fsp3) is 0.571. The van der Waals surface area contributed by atoms with Gasteiger partial charge in [-0.2, -0.15) is 0 Å². The van der Waals surface area contributed by atoms with E-state index in [4.69, 9.17) is 0 Å². The lowest BCUT2D eigenvalue weighted by Crippen LogP contribution is -2.31. The third kappa shape index (κ3) is 9.22. The summed E-state index contributed by atoms with van der Waals surface area (Å²) in [5, 5.41) is 0. The van der Waals surface area contributed by atoms with E-state index in [-0.39, 0.29) is 5.91 Å². The van der Waals surface area contributed by atoms with E-state index in [9.17, 15) is 4.79 Å². The molecular weight excluding hydrogens is 282 g/mol. The average Bonchev–Trinajstić information content (AvgIpc) is 2.59. The van der Waals surface area contributed by atoms with Crippen molar-refractivity contribution in [2.45, 2.75) is 65.2 Å². The maximum absolute atomic E-state index is 12.5. The topological polar surface area (TPSA) is 20.3 Å². The molecule has 23 heavy (non-hydrogen) atoms. The Morgan fingerprint density at radius 2 is 1.43 bits per heavy atom. The SMILES string of the molecule is CCCCCCN(CCCCCC)C(=O)C=Cc1ccccc1. The lowest BCUT2D eigenvalue weighted by atomic mass is 10.1. The number of amides is 1. The molecule has 0 aliphatic heterocycles. The van der Waals surface area contributed by atoms with Gasteiger partial charge in [-0.05, 0) is 24.5 Å². The molecule has 0 heterocycles. The number of unbranched alkanes of at least 4 members (excludes halogenated alkanes) is 6. The average molecular weight is 316 g/mol. The smallest absolute Gasteiger partial charge is 0.246 e. The molecule has 0 spiro atoms. The third-order valence-electron chi connectivity index (χ3n) is 4.09. The number of carbonyl (C=O) groups is 1. The van der Waals surface area contributed by atoms with Crippen molar-refractivity contribution in [3.05, 3.63) is 42.0 Å². The summed E-state index contributed by atoms with van der Waals surface area (Å²) in [6.07, 6.45) is 13.3. The highest BCUT2D eigenvalue weighted by Crippen LogP contribution is 2.08. The molecule has 2 nitrogen and oxygen atoms in total. The maximum Gasteiger partial charge on any atom is 0.246 e. The number of nitrogens with zero attached hydrogens (tertiary/aromatic N) is 1. The van der Waals surface area contributed by atoms with Gasteiger partial charge < -0.3 is 4.90 Å². The van der Waals surface area contributed by atoms with Crippen LogP contribution in [-0.4, -0.2) is 23.9 Å². The molecule has 1 aromatic carbocycles. The molecule has 1 amide bonds. The summed E-state index contributed by atoms with van der Waals surface area (Å²) in [7, 11) is 0. The highest BCUT2D eigenvalue weighted by molar-refractivity contribution is 5.91. The van der Waals surface area contributed by atoms with E-state index in [1.165, 1.54) is 38.5 Å². The van der Waals surface area contributed by atoms with Gasteiger partial charge in [0.1, 0.15) is 0 Å². The zero-order valence-corrected chi connectivity index (χ0v) is 15.0. The Hall–Kier alpha value is -1.57.